The van der Waals surface area contributed by atoms with E-state index in [0.29, 0.717) is 36.7 Å². The van der Waals surface area contributed by atoms with E-state index in [9.17, 15) is 4.79 Å². The molecule has 0 aliphatic rings. The van der Waals surface area contributed by atoms with Gasteiger partial charge in [0.05, 0.1) is 20.8 Å². The van der Waals surface area contributed by atoms with Crippen molar-refractivity contribution in [1.82, 2.24) is 0 Å². The van der Waals surface area contributed by atoms with E-state index in [1.54, 1.807) is 32.4 Å². The van der Waals surface area contributed by atoms with Crippen molar-refractivity contribution in [3.63, 3.8) is 0 Å². The highest BCUT2D eigenvalue weighted by atomic mass is 16.5. The quantitative estimate of drug-likeness (QED) is 0.540. The molecule has 4 nitrogen and oxygen atoms in total. The summed E-state index contributed by atoms with van der Waals surface area (Å²) in [7, 11) is 3.12. The standard InChI is InChI=1S/C13H18O4/c1-4-17-6-5-13(14)10-7-11(15-2)9-12(8-10)16-3/h7-9H,4-6H2,1-3H3. The van der Waals surface area contributed by atoms with E-state index in [-0.39, 0.29) is 5.78 Å². The molecule has 0 aromatic heterocycles. The lowest BCUT2D eigenvalue weighted by Crippen LogP contribution is -2.05. The highest BCUT2D eigenvalue weighted by Crippen LogP contribution is 2.23. The Bertz CT molecular complexity index is 351. The summed E-state index contributed by atoms with van der Waals surface area (Å²) in [5, 5.41) is 0. The van der Waals surface area contributed by atoms with Crippen molar-refractivity contribution in [3.8, 4) is 11.5 Å². The van der Waals surface area contributed by atoms with Crippen LogP contribution in [0.3, 0.4) is 0 Å². The molecule has 1 aromatic carbocycles. The van der Waals surface area contributed by atoms with E-state index < -0.39 is 0 Å². The number of hydrogen-bond donors (Lipinski definition) is 0. The van der Waals surface area contributed by atoms with Crippen molar-refractivity contribution < 1.29 is 19.0 Å². The van der Waals surface area contributed by atoms with Gasteiger partial charge in [0.15, 0.2) is 5.78 Å². The van der Waals surface area contributed by atoms with Crippen LogP contribution in [0.2, 0.25) is 0 Å². The predicted molar refractivity (Wildman–Crippen MR) is 65.0 cm³/mol. The van der Waals surface area contributed by atoms with Gasteiger partial charge >= 0.3 is 0 Å². The second kappa shape index (κ2) is 6.91. The van der Waals surface area contributed by atoms with Gasteiger partial charge in [-0.05, 0) is 19.1 Å². The topological polar surface area (TPSA) is 44.8 Å². The van der Waals surface area contributed by atoms with E-state index in [4.69, 9.17) is 14.2 Å². The van der Waals surface area contributed by atoms with Crippen molar-refractivity contribution in [2.45, 2.75) is 13.3 Å². The molecule has 0 atom stereocenters. The zero-order chi connectivity index (χ0) is 12.7. The number of benzene rings is 1. The van der Waals surface area contributed by atoms with Gasteiger partial charge in [-0.15, -0.1) is 0 Å². The predicted octanol–water partition coefficient (Wildman–Crippen LogP) is 2.31. The van der Waals surface area contributed by atoms with E-state index in [1.807, 2.05) is 6.92 Å². The van der Waals surface area contributed by atoms with Gasteiger partial charge in [-0.1, -0.05) is 0 Å². The highest BCUT2D eigenvalue weighted by molar-refractivity contribution is 5.96. The summed E-state index contributed by atoms with van der Waals surface area (Å²) in [5.74, 6) is 1.25. The third-order valence-electron chi connectivity index (χ3n) is 2.35. The van der Waals surface area contributed by atoms with Crippen molar-refractivity contribution in [1.29, 1.82) is 0 Å². The van der Waals surface area contributed by atoms with Gasteiger partial charge in [-0.2, -0.15) is 0 Å². The number of hydrogen-bond acceptors (Lipinski definition) is 4. The lowest BCUT2D eigenvalue weighted by Gasteiger charge is -2.07. The zero-order valence-corrected chi connectivity index (χ0v) is 10.5. The largest absolute Gasteiger partial charge is 0.497 e. The van der Waals surface area contributed by atoms with Crippen LogP contribution in [0, 0.1) is 0 Å². The number of rotatable bonds is 7. The third-order valence-corrected chi connectivity index (χ3v) is 2.35. The van der Waals surface area contributed by atoms with Crippen molar-refractivity contribution in [2.75, 3.05) is 27.4 Å². The molecule has 0 spiro atoms. The molecule has 0 saturated carbocycles. The van der Waals surface area contributed by atoms with Gasteiger partial charge in [0.2, 0.25) is 0 Å². The Hall–Kier alpha value is -1.55. The molecule has 0 amide bonds. The van der Waals surface area contributed by atoms with E-state index in [0.717, 1.165) is 0 Å². The Kier molecular flexibility index (Phi) is 5.49. The summed E-state index contributed by atoms with van der Waals surface area (Å²) in [6.07, 6.45) is 0.365. The fourth-order valence-electron chi connectivity index (χ4n) is 1.42. The Morgan fingerprint density at radius 2 is 1.71 bits per heavy atom. The first-order valence-electron chi connectivity index (χ1n) is 5.55. The average Bonchev–Trinajstić information content (AvgIpc) is 2.38. The summed E-state index contributed by atoms with van der Waals surface area (Å²) in [4.78, 5) is 11.9. The van der Waals surface area contributed by atoms with E-state index >= 15 is 0 Å². The molecule has 94 valence electrons. The first-order chi connectivity index (χ1) is 8.21. The first kappa shape index (κ1) is 13.5. The maximum Gasteiger partial charge on any atom is 0.165 e. The van der Waals surface area contributed by atoms with Crippen LogP contribution in [-0.2, 0) is 4.74 Å². The number of carbonyl (C=O) groups excluding carboxylic acids is 1. The fourth-order valence-corrected chi connectivity index (χ4v) is 1.42. The van der Waals surface area contributed by atoms with Gasteiger partial charge in [0, 0.05) is 24.7 Å². The second-order valence-electron chi connectivity index (χ2n) is 3.47. The maximum atomic E-state index is 11.9. The van der Waals surface area contributed by atoms with Crippen LogP contribution in [-0.4, -0.2) is 33.2 Å². The van der Waals surface area contributed by atoms with Crippen LogP contribution < -0.4 is 9.47 Å². The molecule has 0 heterocycles. The van der Waals surface area contributed by atoms with Crippen molar-refractivity contribution in [3.05, 3.63) is 23.8 Å². The van der Waals surface area contributed by atoms with Crippen LogP contribution in [0.1, 0.15) is 23.7 Å². The molecular formula is C13H18O4. The molecule has 0 bridgehead atoms. The van der Waals surface area contributed by atoms with Crippen LogP contribution in [0.25, 0.3) is 0 Å². The Labute approximate surface area is 101 Å². The van der Waals surface area contributed by atoms with Crippen molar-refractivity contribution in [2.24, 2.45) is 0 Å². The molecule has 17 heavy (non-hydrogen) atoms. The highest BCUT2D eigenvalue weighted by Gasteiger charge is 2.09. The van der Waals surface area contributed by atoms with Crippen LogP contribution in [0.4, 0.5) is 0 Å². The molecule has 0 unspecified atom stereocenters. The minimum absolute atomic E-state index is 0.0238. The number of ether oxygens (including phenoxy) is 3. The Morgan fingerprint density at radius 3 is 2.18 bits per heavy atom. The lowest BCUT2D eigenvalue weighted by atomic mass is 10.1. The number of ketones is 1. The Morgan fingerprint density at radius 1 is 1.12 bits per heavy atom. The van der Waals surface area contributed by atoms with Crippen molar-refractivity contribution >= 4 is 5.78 Å². The number of methoxy groups -OCH3 is 2. The minimum atomic E-state index is 0.0238. The first-order valence-corrected chi connectivity index (χ1v) is 5.55. The second-order valence-corrected chi connectivity index (χ2v) is 3.47. The monoisotopic (exact) mass is 238 g/mol. The molecule has 0 aliphatic heterocycles. The molecular weight excluding hydrogens is 220 g/mol. The zero-order valence-electron chi connectivity index (χ0n) is 10.5. The van der Waals surface area contributed by atoms with Crippen LogP contribution >= 0.6 is 0 Å². The SMILES string of the molecule is CCOCCC(=O)c1cc(OC)cc(OC)c1. The fraction of sp³-hybridized carbons (Fsp3) is 0.462. The van der Waals surface area contributed by atoms with E-state index in [1.165, 1.54) is 0 Å². The molecule has 1 rings (SSSR count). The van der Waals surface area contributed by atoms with Crippen LogP contribution in [0.5, 0.6) is 11.5 Å². The third kappa shape index (κ3) is 4.07. The molecule has 0 N–H and O–H groups in total. The molecule has 0 fully saturated rings. The average molecular weight is 238 g/mol. The summed E-state index contributed by atoms with van der Waals surface area (Å²) in [6.45, 7) is 2.96. The molecule has 1 aromatic rings. The number of carbonyl (C=O) groups is 1. The van der Waals surface area contributed by atoms with Gasteiger partial charge < -0.3 is 14.2 Å². The molecule has 0 saturated heterocycles. The van der Waals surface area contributed by atoms with Crippen LogP contribution in [0.15, 0.2) is 18.2 Å². The molecule has 0 aliphatic carbocycles. The summed E-state index contributed by atoms with van der Waals surface area (Å²) in [6, 6.07) is 5.15. The summed E-state index contributed by atoms with van der Waals surface area (Å²) in [5.41, 5.74) is 0.584. The van der Waals surface area contributed by atoms with Gasteiger partial charge in [0.1, 0.15) is 11.5 Å². The normalized spacial score (nSPS) is 10.1. The molecule has 0 radical (unpaired) electrons. The van der Waals surface area contributed by atoms with Gasteiger partial charge in [-0.25, -0.2) is 0 Å². The molecule has 4 heteroatoms. The minimum Gasteiger partial charge on any atom is -0.497 e. The summed E-state index contributed by atoms with van der Waals surface area (Å²) >= 11 is 0. The smallest absolute Gasteiger partial charge is 0.165 e. The van der Waals surface area contributed by atoms with E-state index in [2.05, 4.69) is 0 Å². The van der Waals surface area contributed by atoms with Gasteiger partial charge in [0.25, 0.3) is 0 Å². The van der Waals surface area contributed by atoms with Gasteiger partial charge in [-0.3, -0.25) is 4.79 Å². The number of Topliss-reactive ketones (excluding diaryl/α,β-unsaturated/α-hetero) is 1. The Balaban J connectivity index is 2.77. The maximum absolute atomic E-state index is 11.9. The summed E-state index contributed by atoms with van der Waals surface area (Å²) < 4.78 is 15.4. The lowest BCUT2D eigenvalue weighted by molar-refractivity contribution is 0.0895.